The summed E-state index contributed by atoms with van der Waals surface area (Å²) in [5.74, 6) is -0.0631. The molecule has 4 heteroatoms. The molecule has 1 amide bonds. The van der Waals surface area contributed by atoms with E-state index < -0.39 is 6.10 Å². The Labute approximate surface area is 90.7 Å². The molecular weight excluding hydrogens is 194 g/mol. The number of nitrogens with one attached hydrogen (secondary N) is 1. The Hall–Kier alpha value is -0.610. The van der Waals surface area contributed by atoms with Crippen molar-refractivity contribution in [1.82, 2.24) is 5.32 Å². The number of aliphatic hydroxyl groups excluding tert-OH is 2. The lowest BCUT2D eigenvalue weighted by Crippen LogP contribution is -2.49. The maximum atomic E-state index is 11.5. The molecule has 0 saturated heterocycles. The molecule has 1 aliphatic carbocycles. The first-order chi connectivity index (χ1) is 7.08. The minimum atomic E-state index is -0.440. The highest BCUT2D eigenvalue weighted by Crippen LogP contribution is 2.29. The lowest BCUT2D eigenvalue weighted by atomic mass is 9.98. The fourth-order valence-corrected chi connectivity index (χ4v) is 2.07. The summed E-state index contributed by atoms with van der Waals surface area (Å²) in [6.07, 6.45) is 4.24. The van der Waals surface area contributed by atoms with Crippen LogP contribution in [0.3, 0.4) is 0 Å². The molecule has 1 saturated carbocycles. The molecule has 1 fully saturated rings. The van der Waals surface area contributed by atoms with Crippen LogP contribution in [-0.4, -0.2) is 34.4 Å². The second-order valence-corrected chi connectivity index (χ2v) is 4.58. The standard InChI is InChI=1S/C11H21NO3/c1-9(14)4-5-10(15)12-11(8-13)6-2-3-7-11/h9,13-14H,2-8H2,1H3,(H,12,15). The third kappa shape index (κ3) is 3.80. The molecule has 0 radical (unpaired) electrons. The zero-order valence-corrected chi connectivity index (χ0v) is 9.33. The summed E-state index contributed by atoms with van der Waals surface area (Å²) < 4.78 is 0. The first kappa shape index (κ1) is 12.5. The maximum absolute atomic E-state index is 11.5. The monoisotopic (exact) mass is 215 g/mol. The Bertz CT molecular complexity index is 210. The van der Waals surface area contributed by atoms with E-state index in [0.29, 0.717) is 12.8 Å². The number of carbonyl (C=O) groups excluding carboxylic acids is 1. The van der Waals surface area contributed by atoms with Crippen molar-refractivity contribution in [3.05, 3.63) is 0 Å². The maximum Gasteiger partial charge on any atom is 0.220 e. The van der Waals surface area contributed by atoms with Gasteiger partial charge < -0.3 is 15.5 Å². The van der Waals surface area contributed by atoms with Gasteiger partial charge in [-0.05, 0) is 26.2 Å². The molecule has 0 aromatic heterocycles. The second kappa shape index (κ2) is 5.47. The minimum absolute atomic E-state index is 0.0212. The van der Waals surface area contributed by atoms with Crippen molar-refractivity contribution in [1.29, 1.82) is 0 Å². The van der Waals surface area contributed by atoms with Gasteiger partial charge in [-0.15, -0.1) is 0 Å². The molecule has 1 aliphatic rings. The Morgan fingerprint density at radius 3 is 2.53 bits per heavy atom. The minimum Gasteiger partial charge on any atom is -0.394 e. The van der Waals surface area contributed by atoms with Crippen LogP contribution in [0.25, 0.3) is 0 Å². The summed E-state index contributed by atoms with van der Waals surface area (Å²) in [5.41, 5.74) is -0.379. The number of hydrogen-bond acceptors (Lipinski definition) is 3. The summed E-state index contributed by atoms with van der Waals surface area (Å²) in [7, 11) is 0. The molecule has 0 heterocycles. The van der Waals surface area contributed by atoms with E-state index in [1.54, 1.807) is 6.92 Å². The fraction of sp³-hybridized carbons (Fsp3) is 0.909. The Kier molecular flexibility index (Phi) is 4.54. The molecule has 88 valence electrons. The molecule has 1 rings (SSSR count). The van der Waals surface area contributed by atoms with Gasteiger partial charge in [-0.25, -0.2) is 0 Å². The molecule has 4 nitrogen and oxygen atoms in total. The zero-order valence-electron chi connectivity index (χ0n) is 9.33. The van der Waals surface area contributed by atoms with Gasteiger partial charge in [-0.3, -0.25) is 4.79 Å². The van der Waals surface area contributed by atoms with Gasteiger partial charge in [0.25, 0.3) is 0 Å². The van der Waals surface area contributed by atoms with Gasteiger partial charge in [0.15, 0.2) is 0 Å². The number of hydrogen-bond donors (Lipinski definition) is 3. The van der Waals surface area contributed by atoms with Crippen molar-refractivity contribution < 1.29 is 15.0 Å². The van der Waals surface area contributed by atoms with E-state index in [4.69, 9.17) is 5.11 Å². The summed E-state index contributed by atoms with van der Waals surface area (Å²) >= 11 is 0. The van der Waals surface area contributed by atoms with Crippen molar-refractivity contribution in [2.75, 3.05) is 6.61 Å². The van der Waals surface area contributed by atoms with E-state index in [-0.39, 0.29) is 18.1 Å². The Morgan fingerprint density at radius 2 is 2.07 bits per heavy atom. The fourth-order valence-electron chi connectivity index (χ4n) is 2.07. The molecule has 1 atom stereocenters. The zero-order chi connectivity index (χ0) is 11.3. The van der Waals surface area contributed by atoms with E-state index in [2.05, 4.69) is 5.32 Å². The highest BCUT2D eigenvalue weighted by molar-refractivity contribution is 5.76. The predicted octanol–water partition coefficient (Wildman–Crippen LogP) is 0.569. The first-order valence-corrected chi connectivity index (χ1v) is 5.68. The number of amides is 1. The molecule has 1 unspecified atom stereocenters. The van der Waals surface area contributed by atoms with E-state index in [1.165, 1.54) is 0 Å². The van der Waals surface area contributed by atoms with Crippen LogP contribution in [0.5, 0.6) is 0 Å². The largest absolute Gasteiger partial charge is 0.394 e. The van der Waals surface area contributed by atoms with Crippen molar-refractivity contribution in [3.63, 3.8) is 0 Å². The van der Waals surface area contributed by atoms with Crippen molar-refractivity contribution in [3.8, 4) is 0 Å². The summed E-state index contributed by atoms with van der Waals surface area (Å²) in [4.78, 5) is 11.5. The topological polar surface area (TPSA) is 69.6 Å². The average Bonchev–Trinajstić information content (AvgIpc) is 2.64. The smallest absolute Gasteiger partial charge is 0.220 e. The number of rotatable bonds is 5. The number of carbonyl (C=O) groups is 1. The molecule has 15 heavy (non-hydrogen) atoms. The van der Waals surface area contributed by atoms with Crippen LogP contribution in [0, 0.1) is 0 Å². The first-order valence-electron chi connectivity index (χ1n) is 5.68. The van der Waals surface area contributed by atoms with Crippen LogP contribution in [0.4, 0.5) is 0 Å². The van der Waals surface area contributed by atoms with Crippen LogP contribution in [-0.2, 0) is 4.79 Å². The van der Waals surface area contributed by atoms with Gasteiger partial charge in [-0.2, -0.15) is 0 Å². The van der Waals surface area contributed by atoms with Gasteiger partial charge in [0, 0.05) is 6.42 Å². The molecule has 0 aromatic rings. The van der Waals surface area contributed by atoms with Gasteiger partial charge in [0.1, 0.15) is 0 Å². The van der Waals surface area contributed by atoms with E-state index in [0.717, 1.165) is 25.7 Å². The Morgan fingerprint density at radius 1 is 1.47 bits per heavy atom. The van der Waals surface area contributed by atoms with Crippen LogP contribution in [0.2, 0.25) is 0 Å². The van der Waals surface area contributed by atoms with Crippen LogP contribution in [0.1, 0.15) is 45.4 Å². The summed E-state index contributed by atoms with van der Waals surface area (Å²) in [6.45, 7) is 1.69. The normalized spacial score (nSPS) is 21.3. The highest BCUT2D eigenvalue weighted by atomic mass is 16.3. The van der Waals surface area contributed by atoms with Crippen molar-refractivity contribution >= 4 is 5.91 Å². The summed E-state index contributed by atoms with van der Waals surface area (Å²) in [6, 6.07) is 0. The Balaban J connectivity index is 2.35. The van der Waals surface area contributed by atoms with Gasteiger partial charge in [-0.1, -0.05) is 12.8 Å². The van der Waals surface area contributed by atoms with Crippen molar-refractivity contribution in [2.24, 2.45) is 0 Å². The van der Waals surface area contributed by atoms with E-state index >= 15 is 0 Å². The second-order valence-electron chi connectivity index (χ2n) is 4.58. The van der Waals surface area contributed by atoms with Crippen LogP contribution >= 0.6 is 0 Å². The molecule has 3 N–H and O–H groups in total. The lowest BCUT2D eigenvalue weighted by Gasteiger charge is -2.28. The quantitative estimate of drug-likeness (QED) is 0.628. The van der Waals surface area contributed by atoms with Crippen LogP contribution < -0.4 is 5.32 Å². The SMILES string of the molecule is CC(O)CCC(=O)NC1(CO)CCCC1. The summed E-state index contributed by atoms with van der Waals surface area (Å²) in [5, 5.41) is 21.2. The number of aliphatic hydroxyl groups is 2. The third-order valence-electron chi connectivity index (χ3n) is 3.06. The van der Waals surface area contributed by atoms with Crippen LogP contribution in [0.15, 0.2) is 0 Å². The van der Waals surface area contributed by atoms with Gasteiger partial charge in [0.05, 0.1) is 18.2 Å². The molecule has 0 spiro atoms. The van der Waals surface area contributed by atoms with Gasteiger partial charge in [0.2, 0.25) is 5.91 Å². The molecule has 0 bridgehead atoms. The molecule has 0 aromatic carbocycles. The van der Waals surface area contributed by atoms with E-state index in [1.807, 2.05) is 0 Å². The molecule has 0 aliphatic heterocycles. The highest BCUT2D eigenvalue weighted by Gasteiger charge is 2.34. The predicted molar refractivity (Wildman–Crippen MR) is 57.3 cm³/mol. The van der Waals surface area contributed by atoms with Gasteiger partial charge >= 0.3 is 0 Å². The lowest BCUT2D eigenvalue weighted by molar-refractivity contribution is -0.124. The average molecular weight is 215 g/mol. The molecular formula is C11H21NO3. The van der Waals surface area contributed by atoms with E-state index in [9.17, 15) is 9.90 Å². The van der Waals surface area contributed by atoms with Crippen molar-refractivity contribution in [2.45, 2.75) is 57.1 Å². The third-order valence-corrected chi connectivity index (χ3v) is 3.06.